The van der Waals surface area contributed by atoms with Gasteiger partial charge in [0, 0.05) is 57.7 Å². The summed E-state index contributed by atoms with van der Waals surface area (Å²) in [7, 11) is 3.98. The molecule has 3 aromatic heterocycles. The molecule has 0 amide bonds. The van der Waals surface area contributed by atoms with E-state index in [-0.39, 0.29) is 0 Å². The van der Waals surface area contributed by atoms with E-state index in [1.165, 1.54) is 0 Å². The topological polar surface area (TPSA) is 78.6 Å². The molecule has 0 N–H and O–H groups in total. The predicted octanol–water partition coefficient (Wildman–Crippen LogP) is 0.924. The maximum Gasteiger partial charge on any atom is 0.254 e. The summed E-state index contributed by atoms with van der Waals surface area (Å²) in [5.41, 5.74) is 2.13. The van der Waals surface area contributed by atoms with E-state index < -0.39 is 0 Å². The Kier molecular flexibility index (Phi) is 4.06. The molecule has 1 aliphatic rings. The number of rotatable bonds is 3. The maximum atomic E-state index is 4.65. The summed E-state index contributed by atoms with van der Waals surface area (Å²) >= 11 is 0. The molecule has 26 heavy (non-hydrogen) atoms. The Morgan fingerprint density at radius 3 is 2.42 bits per heavy atom. The van der Waals surface area contributed by atoms with Crippen LogP contribution in [-0.4, -0.2) is 69.8 Å². The van der Waals surface area contributed by atoms with Gasteiger partial charge in [-0.25, -0.2) is 9.97 Å². The van der Waals surface area contributed by atoms with Crippen molar-refractivity contribution < 1.29 is 0 Å². The number of hydrogen-bond acceptors (Lipinski definition) is 8. The average molecular weight is 353 g/mol. The maximum absolute atomic E-state index is 4.65. The Hall–Kier alpha value is -2.97. The first kappa shape index (κ1) is 16.5. The van der Waals surface area contributed by atoms with Gasteiger partial charge in [-0.2, -0.15) is 19.6 Å². The molecule has 0 aromatic carbocycles. The van der Waals surface area contributed by atoms with Gasteiger partial charge in [0.25, 0.3) is 5.78 Å². The van der Waals surface area contributed by atoms with E-state index >= 15 is 0 Å². The first-order chi connectivity index (χ1) is 12.5. The van der Waals surface area contributed by atoms with Crippen LogP contribution in [0.4, 0.5) is 17.6 Å². The zero-order valence-corrected chi connectivity index (χ0v) is 15.6. The smallest absolute Gasteiger partial charge is 0.254 e. The van der Waals surface area contributed by atoms with E-state index in [0.717, 1.165) is 55.0 Å². The van der Waals surface area contributed by atoms with Gasteiger partial charge in [0.15, 0.2) is 0 Å². The van der Waals surface area contributed by atoms with Gasteiger partial charge in [-0.05, 0) is 19.9 Å². The molecule has 9 nitrogen and oxygen atoms in total. The Bertz CT molecular complexity index is 925. The predicted molar refractivity (Wildman–Crippen MR) is 101 cm³/mol. The lowest BCUT2D eigenvalue weighted by Gasteiger charge is -2.36. The van der Waals surface area contributed by atoms with Crippen LogP contribution in [0.25, 0.3) is 5.78 Å². The molecule has 1 fully saturated rings. The van der Waals surface area contributed by atoms with Crippen molar-refractivity contribution in [3.63, 3.8) is 0 Å². The zero-order chi connectivity index (χ0) is 18.3. The first-order valence-corrected chi connectivity index (χ1v) is 8.72. The lowest BCUT2D eigenvalue weighted by Crippen LogP contribution is -2.48. The molecule has 4 heterocycles. The minimum atomic E-state index is 0.646. The fraction of sp³-hybridized carbons (Fsp3) is 0.471. The Morgan fingerprint density at radius 1 is 0.962 bits per heavy atom. The highest BCUT2D eigenvalue weighted by Crippen LogP contribution is 2.24. The summed E-state index contributed by atoms with van der Waals surface area (Å²) in [5.74, 6) is 3.42. The van der Waals surface area contributed by atoms with Crippen molar-refractivity contribution in [3.8, 4) is 0 Å². The van der Waals surface area contributed by atoms with Crippen molar-refractivity contribution in [2.24, 2.45) is 0 Å². The van der Waals surface area contributed by atoms with Crippen molar-refractivity contribution in [2.45, 2.75) is 13.8 Å². The molecule has 1 aliphatic heterocycles. The molecule has 4 rings (SSSR count). The van der Waals surface area contributed by atoms with Crippen LogP contribution in [0, 0.1) is 13.8 Å². The van der Waals surface area contributed by atoms with E-state index in [9.17, 15) is 0 Å². The summed E-state index contributed by atoms with van der Waals surface area (Å²) in [6, 6.07) is 1.92. The second kappa shape index (κ2) is 6.40. The highest BCUT2D eigenvalue weighted by atomic mass is 15.4. The van der Waals surface area contributed by atoms with Crippen LogP contribution in [0.1, 0.15) is 11.3 Å². The van der Waals surface area contributed by atoms with Gasteiger partial charge < -0.3 is 14.7 Å². The summed E-state index contributed by atoms with van der Waals surface area (Å²) < 4.78 is 1.83. The zero-order valence-electron chi connectivity index (χ0n) is 15.6. The average Bonchev–Trinajstić information content (AvgIpc) is 3.10. The van der Waals surface area contributed by atoms with Crippen LogP contribution < -0.4 is 14.7 Å². The van der Waals surface area contributed by atoms with Crippen LogP contribution in [0.3, 0.4) is 0 Å². The summed E-state index contributed by atoms with van der Waals surface area (Å²) in [6.45, 7) is 7.56. The van der Waals surface area contributed by atoms with Crippen LogP contribution in [0.2, 0.25) is 0 Å². The van der Waals surface area contributed by atoms with Crippen molar-refractivity contribution in [2.75, 3.05) is 55.0 Å². The summed E-state index contributed by atoms with van der Waals surface area (Å²) in [5, 5.41) is 4.36. The van der Waals surface area contributed by atoms with Gasteiger partial charge in [-0.1, -0.05) is 0 Å². The molecule has 9 heteroatoms. The molecular weight excluding hydrogens is 330 g/mol. The number of fused-ring (bicyclic) bond motifs is 1. The minimum absolute atomic E-state index is 0.646. The Labute approximate surface area is 152 Å². The first-order valence-electron chi connectivity index (χ1n) is 8.72. The van der Waals surface area contributed by atoms with Crippen LogP contribution in [0.5, 0.6) is 0 Å². The highest BCUT2D eigenvalue weighted by Gasteiger charge is 2.24. The monoisotopic (exact) mass is 353 g/mol. The number of hydrogen-bond donors (Lipinski definition) is 0. The van der Waals surface area contributed by atoms with Crippen LogP contribution in [-0.2, 0) is 0 Å². The Morgan fingerprint density at radius 2 is 1.69 bits per heavy atom. The highest BCUT2D eigenvalue weighted by molar-refractivity contribution is 5.55. The SMILES string of the molecule is Cc1nc2ncnn2c(N2CCN(c3nccc(N(C)C)n3)CC2)c1C. The summed E-state index contributed by atoms with van der Waals surface area (Å²) in [6.07, 6.45) is 3.38. The molecule has 3 aromatic rings. The van der Waals surface area contributed by atoms with E-state index in [2.05, 4.69) is 41.8 Å². The molecular formula is C17H23N9. The van der Waals surface area contributed by atoms with E-state index in [1.807, 2.05) is 42.7 Å². The van der Waals surface area contributed by atoms with Gasteiger partial charge in [-0.15, -0.1) is 0 Å². The molecule has 136 valence electrons. The third kappa shape index (κ3) is 2.79. The molecule has 0 saturated carbocycles. The number of aromatic nitrogens is 6. The summed E-state index contributed by atoms with van der Waals surface area (Å²) in [4.78, 5) is 24.4. The molecule has 0 radical (unpaired) electrons. The lowest BCUT2D eigenvalue weighted by atomic mass is 10.2. The third-order valence-electron chi connectivity index (χ3n) is 4.82. The molecule has 0 unspecified atom stereocenters. The quantitative estimate of drug-likeness (QED) is 0.688. The molecule has 1 saturated heterocycles. The number of anilines is 3. The fourth-order valence-corrected chi connectivity index (χ4v) is 3.25. The second-order valence-electron chi connectivity index (χ2n) is 6.70. The van der Waals surface area contributed by atoms with E-state index in [0.29, 0.717) is 5.78 Å². The largest absolute Gasteiger partial charge is 0.363 e. The van der Waals surface area contributed by atoms with Crippen LogP contribution in [0.15, 0.2) is 18.6 Å². The van der Waals surface area contributed by atoms with Gasteiger partial charge in [0.2, 0.25) is 5.95 Å². The molecule has 0 spiro atoms. The van der Waals surface area contributed by atoms with E-state index in [4.69, 9.17) is 0 Å². The molecule has 0 aliphatic carbocycles. The van der Waals surface area contributed by atoms with Gasteiger partial charge in [0.05, 0.1) is 0 Å². The fourth-order valence-electron chi connectivity index (χ4n) is 3.25. The normalized spacial score (nSPS) is 14.9. The Balaban J connectivity index is 1.57. The van der Waals surface area contributed by atoms with Crippen LogP contribution >= 0.6 is 0 Å². The number of aryl methyl sites for hydroxylation is 1. The van der Waals surface area contributed by atoms with Crippen molar-refractivity contribution >= 4 is 23.4 Å². The van der Waals surface area contributed by atoms with Crippen molar-refractivity contribution in [1.29, 1.82) is 0 Å². The van der Waals surface area contributed by atoms with Gasteiger partial charge >= 0.3 is 0 Å². The number of piperazine rings is 1. The third-order valence-corrected chi connectivity index (χ3v) is 4.82. The van der Waals surface area contributed by atoms with Crippen molar-refractivity contribution in [1.82, 2.24) is 29.5 Å². The van der Waals surface area contributed by atoms with Crippen molar-refractivity contribution in [3.05, 3.63) is 29.8 Å². The van der Waals surface area contributed by atoms with Gasteiger partial charge in [-0.3, -0.25) is 0 Å². The number of nitrogens with zero attached hydrogens (tertiary/aromatic N) is 9. The lowest BCUT2D eigenvalue weighted by molar-refractivity contribution is 0.624. The second-order valence-corrected chi connectivity index (χ2v) is 6.70. The molecule has 0 atom stereocenters. The minimum Gasteiger partial charge on any atom is -0.363 e. The van der Waals surface area contributed by atoms with Gasteiger partial charge in [0.1, 0.15) is 18.0 Å². The van der Waals surface area contributed by atoms with E-state index in [1.54, 1.807) is 6.33 Å². The molecule has 0 bridgehead atoms. The standard InChI is InChI=1S/C17H23N9/c1-12-13(2)21-17-19-11-20-26(17)15(12)24-7-9-25(10-8-24)16-18-6-5-14(22-16)23(3)4/h5-6,11H,7-10H2,1-4H3.